The third-order valence-electron chi connectivity index (χ3n) is 5.84. The van der Waals surface area contributed by atoms with Crippen molar-refractivity contribution < 1.29 is 14.0 Å². The fourth-order valence-electron chi connectivity index (χ4n) is 4.11. The molecule has 0 saturated carbocycles. The molecule has 156 valence electrons. The van der Waals surface area contributed by atoms with E-state index in [2.05, 4.69) is 16.8 Å². The molecule has 0 saturated heterocycles. The lowest BCUT2D eigenvalue weighted by atomic mass is 10.0. The highest BCUT2D eigenvalue weighted by atomic mass is 16.3. The van der Waals surface area contributed by atoms with E-state index in [-0.39, 0.29) is 23.0 Å². The number of rotatable bonds is 1. The Morgan fingerprint density at radius 2 is 1.48 bits per heavy atom. The standard InChI is InChI=1S/C28H16N2O3/c1-30-20(12-11-17-7-3-2-4-8-17)15-24-28(30)29-25(33-24)16-23-26(31)21-13-18-9-5-6-10-19(18)14-22(21)27(23)32/h2-10,13-16H,1H3. The Labute approximate surface area is 189 Å². The molecule has 0 amide bonds. The second kappa shape index (κ2) is 7.18. The van der Waals surface area contributed by atoms with Crippen LogP contribution in [0.2, 0.25) is 0 Å². The quantitative estimate of drug-likeness (QED) is 0.210. The van der Waals surface area contributed by atoms with Crippen LogP contribution in [0.1, 0.15) is 37.9 Å². The molecule has 0 aliphatic heterocycles. The van der Waals surface area contributed by atoms with E-state index >= 15 is 0 Å². The minimum atomic E-state index is -0.308. The number of ketones is 2. The van der Waals surface area contributed by atoms with E-state index < -0.39 is 0 Å². The minimum absolute atomic E-state index is 0.0657. The number of hydrogen-bond acceptors (Lipinski definition) is 4. The van der Waals surface area contributed by atoms with Gasteiger partial charge in [0.05, 0.1) is 11.3 Å². The molecule has 2 heterocycles. The molecular weight excluding hydrogens is 412 g/mol. The van der Waals surface area contributed by atoms with Gasteiger partial charge in [0.25, 0.3) is 0 Å². The van der Waals surface area contributed by atoms with Crippen molar-refractivity contribution in [3.8, 4) is 11.8 Å². The van der Waals surface area contributed by atoms with Gasteiger partial charge in [-0.15, -0.1) is 0 Å². The SMILES string of the molecule is Cn1c(C#Cc2ccccc2)cc2oc(C=C3C(=O)c4cc5ccccc5cc4C3=O)nc21. The number of allylic oxidation sites excluding steroid dienone is 1. The zero-order chi connectivity index (χ0) is 22.5. The molecule has 0 fully saturated rings. The number of aryl methyl sites for hydroxylation is 1. The van der Waals surface area contributed by atoms with Gasteiger partial charge in [-0.05, 0) is 41.0 Å². The molecule has 5 nitrogen and oxygen atoms in total. The Kier molecular flexibility index (Phi) is 4.14. The van der Waals surface area contributed by atoms with Gasteiger partial charge >= 0.3 is 0 Å². The molecule has 1 aliphatic carbocycles. The van der Waals surface area contributed by atoms with Gasteiger partial charge in [0.2, 0.25) is 5.89 Å². The molecule has 0 radical (unpaired) electrons. The zero-order valence-electron chi connectivity index (χ0n) is 17.6. The van der Waals surface area contributed by atoms with Crippen LogP contribution in [0.5, 0.6) is 0 Å². The Morgan fingerprint density at radius 3 is 2.12 bits per heavy atom. The Bertz CT molecular complexity index is 1650. The first-order chi connectivity index (χ1) is 16.1. The average molecular weight is 428 g/mol. The maximum Gasteiger partial charge on any atom is 0.222 e. The van der Waals surface area contributed by atoms with Gasteiger partial charge in [-0.25, -0.2) is 0 Å². The second-order valence-electron chi connectivity index (χ2n) is 7.91. The summed E-state index contributed by atoms with van der Waals surface area (Å²) < 4.78 is 7.67. The number of nitrogens with zero attached hydrogens (tertiary/aromatic N) is 2. The van der Waals surface area contributed by atoms with Gasteiger partial charge in [0, 0.05) is 35.9 Å². The van der Waals surface area contributed by atoms with Crippen molar-refractivity contribution in [2.75, 3.05) is 0 Å². The van der Waals surface area contributed by atoms with Crippen LogP contribution in [-0.4, -0.2) is 21.1 Å². The number of carbonyl (C=O) groups is 2. The maximum atomic E-state index is 13.0. The average Bonchev–Trinajstić information content (AvgIpc) is 3.44. The van der Waals surface area contributed by atoms with Crippen LogP contribution in [0, 0.1) is 11.8 Å². The minimum Gasteiger partial charge on any atom is -0.435 e. The van der Waals surface area contributed by atoms with Crippen LogP contribution < -0.4 is 0 Å². The van der Waals surface area contributed by atoms with Crippen molar-refractivity contribution in [2.45, 2.75) is 0 Å². The number of fused-ring (bicyclic) bond motifs is 3. The lowest BCUT2D eigenvalue weighted by Crippen LogP contribution is -2.00. The van der Waals surface area contributed by atoms with Gasteiger partial charge in [-0.1, -0.05) is 48.4 Å². The van der Waals surface area contributed by atoms with Crippen LogP contribution in [0.15, 0.2) is 82.8 Å². The van der Waals surface area contributed by atoms with E-state index in [0.29, 0.717) is 22.4 Å². The highest BCUT2D eigenvalue weighted by Gasteiger charge is 2.34. The highest BCUT2D eigenvalue weighted by molar-refractivity contribution is 6.42. The van der Waals surface area contributed by atoms with Crippen LogP contribution >= 0.6 is 0 Å². The summed E-state index contributed by atoms with van der Waals surface area (Å²) in [5.74, 6) is 5.85. The number of Topliss-reactive ketones (excluding diaryl/α,β-unsaturated/α-hetero) is 2. The van der Waals surface area contributed by atoms with Gasteiger partial charge in [0.15, 0.2) is 22.8 Å². The molecule has 0 bridgehead atoms. The maximum absolute atomic E-state index is 13.0. The summed E-state index contributed by atoms with van der Waals surface area (Å²) in [5.41, 5.74) is 3.71. The first-order valence-electron chi connectivity index (χ1n) is 10.5. The molecule has 0 N–H and O–H groups in total. The van der Waals surface area contributed by atoms with Crippen LogP contribution in [0.3, 0.4) is 0 Å². The molecule has 5 heteroatoms. The number of benzene rings is 3. The van der Waals surface area contributed by atoms with E-state index in [1.54, 1.807) is 18.2 Å². The van der Waals surface area contributed by atoms with Crippen LogP contribution in [0.25, 0.3) is 28.1 Å². The van der Waals surface area contributed by atoms with E-state index in [9.17, 15) is 9.59 Å². The van der Waals surface area contributed by atoms with Gasteiger partial charge in [-0.3, -0.25) is 9.59 Å². The summed E-state index contributed by atoms with van der Waals surface area (Å²) in [6.45, 7) is 0. The fraction of sp³-hybridized carbons (Fsp3) is 0.0357. The van der Waals surface area contributed by atoms with E-state index in [0.717, 1.165) is 22.0 Å². The summed E-state index contributed by atoms with van der Waals surface area (Å²) in [7, 11) is 1.85. The Morgan fingerprint density at radius 1 is 0.848 bits per heavy atom. The second-order valence-corrected chi connectivity index (χ2v) is 7.91. The Hall–Kier alpha value is -4.69. The summed E-state index contributed by atoms with van der Waals surface area (Å²) in [6.07, 6.45) is 1.44. The molecule has 1 aliphatic rings. The highest BCUT2D eigenvalue weighted by Crippen LogP contribution is 2.32. The molecule has 0 atom stereocenters. The predicted molar refractivity (Wildman–Crippen MR) is 126 cm³/mol. The summed E-state index contributed by atoms with van der Waals surface area (Å²) >= 11 is 0. The number of aromatic nitrogens is 2. The van der Waals surface area contributed by atoms with Gasteiger partial charge < -0.3 is 8.98 Å². The van der Waals surface area contributed by atoms with E-state index in [1.165, 1.54) is 6.08 Å². The topological polar surface area (TPSA) is 65.1 Å². The molecule has 2 aromatic heterocycles. The molecule has 0 spiro atoms. The fourth-order valence-corrected chi connectivity index (χ4v) is 4.11. The first kappa shape index (κ1) is 19.0. The van der Waals surface area contributed by atoms with E-state index in [4.69, 9.17) is 4.42 Å². The number of hydrogen-bond donors (Lipinski definition) is 0. The zero-order valence-corrected chi connectivity index (χ0v) is 17.6. The largest absolute Gasteiger partial charge is 0.435 e. The smallest absolute Gasteiger partial charge is 0.222 e. The molecule has 3 aromatic carbocycles. The van der Waals surface area contributed by atoms with Crippen molar-refractivity contribution in [2.24, 2.45) is 7.05 Å². The lowest BCUT2D eigenvalue weighted by Gasteiger charge is -2.00. The molecule has 33 heavy (non-hydrogen) atoms. The van der Waals surface area contributed by atoms with Crippen molar-refractivity contribution in [1.82, 2.24) is 9.55 Å². The lowest BCUT2D eigenvalue weighted by molar-refractivity contribution is 0.0990. The molecular formula is C28H16N2O3. The van der Waals surface area contributed by atoms with Gasteiger partial charge in [-0.2, -0.15) is 4.98 Å². The predicted octanol–water partition coefficient (Wildman–Crippen LogP) is 5.18. The third kappa shape index (κ3) is 3.08. The van der Waals surface area contributed by atoms with Crippen LogP contribution in [0.4, 0.5) is 0 Å². The van der Waals surface area contributed by atoms with Crippen LogP contribution in [-0.2, 0) is 7.05 Å². The number of oxazole rings is 1. The van der Waals surface area contributed by atoms with E-state index in [1.807, 2.05) is 66.2 Å². The molecule has 6 rings (SSSR count). The van der Waals surface area contributed by atoms with Crippen molar-refractivity contribution >= 4 is 39.6 Å². The summed E-state index contributed by atoms with van der Waals surface area (Å²) in [6, 6.07) is 22.7. The number of carbonyl (C=O) groups excluding carboxylic acids is 2. The normalized spacial score (nSPS) is 12.8. The monoisotopic (exact) mass is 428 g/mol. The Balaban J connectivity index is 1.36. The van der Waals surface area contributed by atoms with Gasteiger partial charge in [0.1, 0.15) is 0 Å². The summed E-state index contributed by atoms with van der Waals surface area (Å²) in [5, 5.41) is 1.84. The molecule has 0 unspecified atom stereocenters. The molecule has 5 aromatic rings. The third-order valence-corrected chi connectivity index (χ3v) is 5.84. The van der Waals surface area contributed by atoms with Crippen molar-refractivity contribution in [3.05, 3.63) is 107 Å². The van der Waals surface area contributed by atoms with Crippen molar-refractivity contribution in [3.63, 3.8) is 0 Å². The van der Waals surface area contributed by atoms with Crippen molar-refractivity contribution in [1.29, 1.82) is 0 Å². The summed E-state index contributed by atoms with van der Waals surface area (Å²) in [4.78, 5) is 30.4. The first-order valence-corrected chi connectivity index (χ1v) is 10.5.